The molecule has 1 saturated carbocycles. The number of amides is 1. The molecular weight excluding hydrogens is 382 g/mol. The number of likely N-dealkylation sites (tertiary alicyclic amines) is 1. The standard InChI is InChI=1S/C20H24F2N4OS/c21-20(22)7-8-26(11-20)16(27)9-15-24-18(23-10-12-5-6-12)17-13-3-1-2-4-14(13)28-19(17)25-15/h12H,1-11H2,(H,23,24,25). The number of hydrogen-bond donors (Lipinski definition) is 1. The molecule has 0 atom stereocenters. The van der Waals surface area contributed by atoms with Crippen LogP contribution in [0.4, 0.5) is 14.6 Å². The van der Waals surface area contributed by atoms with E-state index in [1.54, 1.807) is 11.3 Å². The summed E-state index contributed by atoms with van der Waals surface area (Å²) < 4.78 is 26.9. The summed E-state index contributed by atoms with van der Waals surface area (Å²) in [5.41, 5.74) is 1.36. The van der Waals surface area contributed by atoms with E-state index in [1.165, 1.54) is 41.0 Å². The number of anilines is 1. The van der Waals surface area contributed by atoms with Crippen molar-refractivity contribution in [2.45, 2.75) is 57.3 Å². The quantitative estimate of drug-likeness (QED) is 0.821. The number of alkyl halides is 2. The van der Waals surface area contributed by atoms with Gasteiger partial charge in [0.1, 0.15) is 16.5 Å². The molecule has 0 radical (unpaired) electrons. The molecule has 0 aromatic carbocycles. The van der Waals surface area contributed by atoms with Crippen molar-refractivity contribution in [1.29, 1.82) is 0 Å². The predicted octanol–water partition coefficient (Wildman–Crippen LogP) is 3.80. The maximum atomic E-state index is 13.4. The van der Waals surface area contributed by atoms with Gasteiger partial charge in [0.2, 0.25) is 5.91 Å². The average Bonchev–Trinajstić information content (AvgIpc) is 3.31. The zero-order valence-corrected chi connectivity index (χ0v) is 16.6. The number of thiophene rings is 1. The fourth-order valence-corrected chi connectivity index (χ4v) is 5.45. The minimum Gasteiger partial charge on any atom is -0.369 e. The second kappa shape index (κ2) is 6.90. The Hall–Kier alpha value is -1.83. The largest absolute Gasteiger partial charge is 0.369 e. The van der Waals surface area contributed by atoms with Crippen molar-refractivity contribution >= 4 is 33.3 Å². The van der Waals surface area contributed by atoms with Gasteiger partial charge in [-0.25, -0.2) is 18.7 Å². The molecule has 2 aromatic heterocycles. The first-order valence-electron chi connectivity index (χ1n) is 10.2. The Labute approximate surface area is 166 Å². The molecule has 3 heterocycles. The van der Waals surface area contributed by atoms with Crippen LogP contribution in [0.5, 0.6) is 0 Å². The Morgan fingerprint density at radius 1 is 1.25 bits per heavy atom. The third kappa shape index (κ3) is 3.58. The summed E-state index contributed by atoms with van der Waals surface area (Å²) in [6.45, 7) is 0.505. The Kier molecular flexibility index (Phi) is 4.49. The molecule has 0 unspecified atom stereocenters. The second-order valence-electron chi connectivity index (χ2n) is 8.30. The zero-order chi connectivity index (χ0) is 19.3. The van der Waals surface area contributed by atoms with Gasteiger partial charge in [0.25, 0.3) is 5.92 Å². The monoisotopic (exact) mass is 406 g/mol. The molecule has 5 nitrogen and oxygen atoms in total. The number of fused-ring (bicyclic) bond motifs is 3. The van der Waals surface area contributed by atoms with Crippen LogP contribution in [0.3, 0.4) is 0 Å². The normalized spacial score (nSPS) is 21.1. The van der Waals surface area contributed by atoms with E-state index < -0.39 is 12.5 Å². The van der Waals surface area contributed by atoms with Gasteiger partial charge in [-0.15, -0.1) is 11.3 Å². The lowest BCUT2D eigenvalue weighted by Gasteiger charge is -2.16. The molecule has 5 rings (SSSR count). The van der Waals surface area contributed by atoms with E-state index in [2.05, 4.69) is 15.3 Å². The van der Waals surface area contributed by atoms with Gasteiger partial charge in [-0.3, -0.25) is 4.79 Å². The van der Waals surface area contributed by atoms with Crippen molar-refractivity contribution in [2.75, 3.05) is 25.0 Å². The highest BCUT2D eigenvalue weighted by atomic mass is 32.1. The van der Waals surface area contributed by atoms with Crippen LogP contribution in [0.1, 0.15) is 48.4 Å². The lowest BCUT2D eigenvalue weighted by molar-refractivity contribution is -0.131. The fraction of sp³-hybridized carbons (Fsp3) is 0.650. The smallest absolute Gasteiger partial charge is 0.267 e. The van der Waals surface area contributed by atoms with Crippen molar-refractivity contribution < 1.29 is 13.6 Å². The van der Waals surface area contributed by atoms with Gasteiger partial charge in [0.15, 0.2) is 0 Å². The molecule has 0 bridgehead atoms. The maximum absolute atomic E-state index is 13.4. The molecular formula is C20H24F2N4OS. The van der Waals surface area contributed by atoms with Gasteiger partial charge >= 0.3 is 0 Å². The Balaban J connectivity index is 1.44. The summed E-state index contributed by atoms with van der Waals surface area (Å²) in [6.07, 6.45) is 6.73. The highest BCUT2D eigenvalue weighted by Crippen LogP contribution is 2.39. The van der Waals surface area contributed by atoms with Gasteiger partial charge in [-0.2, -0.15) is 0 Å². The van der Waals surface area contributed by atoms with Crippen molar-refractivity contribution in [3.63, 3.8) is 0 Å². The van der Waals surface area contributed by atoms with Crippen LogP contribution in [0.2, 0.25) is 0 Å². The van der Waals surface area contributed by atoms with Crippen LogP contribution >= 0.6 is 11.3 Å². The minimum atomic E-state index is -2.77. The maximum Gasteiger partial charge on any atom is 0.267 e. The number of aryl methyl sites for hydroxylation is 2. The lowest BCUT2D eigenvalue weighted by Crippen LogP contribution is -2.33. The van der Waals surface area contributed by atoms with Gasteiger partial charge in [-0.05, 0) is 50.0 Å². The van der Waals surface area contributed by atoms with E-state index in [0.717, 1.165) is 35.4 Å². The molecule has 2 aromatic rings. The van der Waals surface area contributed by atoms with Crippen molar-refractivity contribution in [1.82, 2.24) is 14.9 Å². The molecule has 150 valence electrons. The van der Waals surface area contributed by atoms with Gasteiger partial charge in [0.05, 0.1) is 18.4 Å². The summed E-state index contributed by atoms with van der Waals surface area (Å²) in [5.74, 6) is -1.12. The molecule has 2 aliphatic carbocycles. The van der Waals surface area contributed by atoms with E-state index in [0.29, 0.717) is 11.7 Å². The van der Waals surface area contributed by atoms with Crippen LogP contribution in [0.25, 0.3) is 10.2 Å². The number of rotatable bonds is 5. The molecule has 1 saturated heterocycles. The number of carbonyl (C=O) groups is 1. The van der Waals surface area contributed by atoms with Gasteiger partial charge < -0.3 is 10.2 Å². The number of carbonyl (C=O) groups excluding carboxylic acids is 1. The minimum absolute atomic E-state index is 0.0211. The molecule has 2 fully saturated rings. The van der Waals surface area contributed by atoms with Gasteiger partial charge in [0, 0.05) is 24.4 Å². The van der Waals surface area contributed by atoms with E-state index in [9.17, 15) is 13.6 Å². The number of aromatic nitrogens is 2. The second-order valence-corrected chi connectivity index (χ2v) is 9.39. The molecule has 1 aliphatic heterocycles. The molecule has 0 spiro atoms. The first kappa shape index (κ1) is 18.2. The van der Waals surface area contributed by atoms with E-state index in [-0.39, 0.29) is 25.3 Å². The number of hydrogen-bond acceptors (Lipinski definition) is 5. The number of nitrogens with one attached hydrogen (secondary N) is 1. The van der Waals surface area contributed by atoms with E-state index in [4.69, 9.17) is 0 Å². The average molecular weight is 407 g/mol. The highest BCUT2D eigenvalue weighted by molar-refractivity contribution is 7.19. The number of halogens is 2. The Bertz CT molecular complexity index is 925. The molecule has 3 aliphatic rings. The third-order valence-corrected chi connectivity index (χ3v) is 7.13. The fourth-order valence-electron chi connectivity index (χ4n) is 4.17. The third-order valence-electron chi connectivity index (χ3n) is 5.95. The van der Waals surface area contributed by atoms with Crippen molar-refractivity contribution in [3.8, 4) is 0 Å². The summed E-state index contributed by atoms with van der Waals surface area (Å²) >= 11 is 1.70. The Morgan fingerprint density at radius 2 is 2.07 bits per heavy atom. The molecule has 8 heteroatoms. The number of nitrogens with zero attached hydrogens (tertiary/aromatic N) is 3. The summed E-state index contributed by atoms with van der Waals surface area (Å²) in [7, 11) is 0. The van der Waals surface area contributed by atoms with Crippen molar-refractivity contribution in [3.05, 3.63) is 16.3 Å². The lowest BCUT2D eigenvalue weighted by atomic mass is 9.97. The van der Waals surface area contributed by atoms with Crippen LogP contribution < -0.4 is 5.32 Å². The predicted molar refractivity (Wildman–Crippen MR) is 105 cm³/mol. The summed E-state index contributed by atoms with van der Waals surface area (Å²) in [6, 6.07) is 0. The van der Waals surface area contributed by atoms with E-state index >= 15 is 0 Å². The first-order chi connectivity index (χ1) is 13.5. The SMILES string of the molecule is O=C(Cc1nc(NCC2CC2)c2c3c(sc2n1)CCCC3)N1CCC(F)(F)C1. The van der Waals surface area contributed by atoms with Crippen molar-refractivity contribution in [2.24, 2.45) is 5.92 Å². The molecule has 1 N–H and O–H groups in total. The molecule has 28 heavy (non-hydrogen) atoms. The first-order valence-corrected chi connectivity index (χ1v) is 11.0. The van der Waals surface area contributed by atoms with Crippen LogP contribution in [-0.2, 0) is 24.1 Å². The van der Waals surface area contributed by atoms with Crippen LogP contribution in [0.15, 0.2) is 0 Å². The van der Waals surface area contributed by atoms with Crippen LogP contribution in [0, 0.1) is 5.92 Å². The summed E-state index contributed by atoms with van der Waals surface area (Å²) in [5, 5.41) is 4.61. The van der Waals surface area contributed by atoms with Gasteiger partial charge in [-0.1, -0.05) is 0 Å². The zero-order valence-electron chi connectivity index (χ0n) is 15.8. The summed E-state index contributed by atoms with van der Waals surface area (Å²) in [4.78, 5) is 25.4. The Morgan fingerprint density at radius 3 is 2.82 bits per heavy atom. The van der Waals surface area contributed by atoms with Crippen LogP contribution in [-0.4, -0.2) is 46.3 Å². The highest BCUT2D eigenvalue weighted by Gasteiger charge is 2.40. The molecule has 1 amide bonds. The topological polar surface area (TPSA) is 58.1 Å². The van der Waals surface area contributed by atoms with E-state index in [1.807, 2.05) is 0 Å².